The number of hydrogen-bond donors (Lipinski definition) is 3. The van der Waals surface area contributed by atoms with Crippen LogP contribution in [0.1, 0.15) is 30.5 Å². The number of aliphatic hydroxyl groups is 3. The van der Waals surface area contributed by atoms with Crippen LogP contribution >= 0.6 is 0 Å². The quantitative estimate of drug-likeness (QED) is 0.480. The van der Waals surface area contributed by atoms with Crippen LogP contribution in [0.4, 0.5) is 8.78 Å². The van der Waals surface area contributed by atoms with Gasteiger partial charge in [0.1, 0.15) is 47.6 Å². The van der Waals surface area contributed by atoms with Gasteiger partial charge in [-0.2, -0.15) is 0 Å². The van der Waals surface area contributed by atoms with Crippen LogP contribution in [0.15, 0.2) is 48.8 Å². The lowest BCUT2D eigenvalue weighted by molar-refractivity contribution is 0.0731. The van der Waals surface area contributed by atoms with Crippen molar-refractivity contribution in [2.24, 2.45) is 0 Å². The fourth-order valence-electron chi connectivity index (χ4n) is 3.67. The van der Waals surface area contributed by atoms with Gasteiger partial charge in [-0.3, -0.25) is 0 Å². The molecule has 2 heterocycles. The summed E-state index contributed by atoms with van der Waals surface area (Å²) in [6.07, 6.45) is 0.861. The number of halogens is 2. The molecule has 0 radical (unpaired) electrons. The van der Waals surface area contributed by atoms with Crippen LogP contribution in [-0.4, -0.2) is 56.9 Å². The summed E-state index contributed by atoms with van der Waals surface area (Å²) in [6, 6.07) is 7.66. The van der Waals surface area contributed by atoms with E-state index in [2.05, 4.69) is 16.8 Å². The Bertz CT molecular complexity index is 1220. The zero-order chi connectivity index (χ0) is 24.2. The lowest BCUT2D eigenvalue weighted by atomic mass is 10.0. The molecule has 1 fully saturated rings. The van der Waals surface area contributed by atoms with E-state index < -0.39 is 36.0 Å². The van der Waals surface area contributed by atoms with Crippen LogP contribution in [-0.2, 0) is 4.74 Å². The van der Waals surface area contributed by atoms with Gasteiger partial charge in [-0.1, -0.05) is 17.9 Å². The van der Waals surface area contributed by atoms with Crippen LogP contribution < -0.4 is 4.74 Å². The van der Waals surface area contributed by atoms with E-state index in [0.29, 0.717) is 11.4 Å². The predicted octanol–water partition coefficient (Wildman–Crippen LogP) is 2.61. The summed E-state index contributed by atoms with van der Waals surface area (Å²) >= 11 is 0. The van der Waals surface area contributed by atoms with Crippen molar-refractivity contribution in [1.29, 1.82) is 0 Å². The topological polar surface area (TPSA) is 97.0 Å². The number of nitrogens with zero attached hydrogens (tertiary/aromatic N) is 2. The van der Waals surface area contributed by atoms with E-state index in [1.54, 1.807) is 25.3 Å². The third kappa shape index (κ3) is 5.11. The zero-order valence-electron chi connectivity index (χ0n) is 18.4. The fourth-order valence-corrected chi connectivity index (χ4v) is 3.67. The average molecular weight is 470 g/mol. The molecule has 7 nitrogen and oxygen atoms in total. The van der Waals surface area contributed by atoms with E-state index in [0.717, 1.165) is 0 Å². The summed E-state index contributed by atoms with van der Waals surface area (Å²) in [7, 11) is 0. The van der Waals surface area contributed by atoms with Gasteiger partial charge in [0.15, 0.2) is 0 Å². The van der Waals surface area contributed by atoms with Crippen LogP contribution in [0.2, 0.25) is 0 Å². The highest BCUT2D eigenvalue weighted by atomic mass is 19.1. The summed E-state index contributed by atoms with van der Waals surface area (Å²) in [5, 5.41) is 29.3. The number of aromatic nitrogens is 2. The molecule has 3 aromatic rings. The molecule has 1 unspecified atom stereocenters. The van der Waals surface area contributed by atoms with Crippen LogP contribution in [0.25, 0.3) is 11.1 Å². The van der Waals surface area contributed by atoms with Crippen molar-refractivity contribution < 1.29 is 33.6 Å². The first-order valence-electron chi connectivity index (χ1n) is 10.7. The zero-order valence-corrected chi connectivity index (χ0v) is 18.4. The lowest BCUT2D eigenvalue weighted by Crippen LogP contribution is -2.29. The van der Waals surface area contributed by atoms with Gasteiger partial charge in [-0.15, -0.1) is 0 Å². The number of hydrogen-bond acceptors (Lipinski definition) is 6. The molecule has 1 aromatic heterocycles. The summed E-state index contributed by atoms with van der Waals surface area (Å²) < 4.78 is 41.7. The van der Waals surface area contributed by atoms with Gasteiger partial charge in [-0.25, -0.2) is 13.8 Å². The summed E-state index contributed by atoms with van der Waals surface area (Å²) in [5.74, 6) is 4.82. The van der Waals surface area contributed by atoms with Gasteiger partial charge in [0, 0.05) is 24.0 Å². The molecule has 2 aromatic carbocycles. The first-order chi connectivity index (χ1) is 16.4. The largest absolute Gasteiger partial charge is 0.485 e. The molecule has 4 rings (SSSR count). The Morgan fingerprint density at radius 3 is 2.68 bits per heavy atom. The number of benzene rings is 2. The van der Waals surface area contributed by atoms with Gasteiger partial charge in [0.2, 0.25) is 0 Å². The molecule has 3 N–H and O–H groups in total. The van der Waals surface area contributed by atoms with Crippen molar-refractivity contribution in [1.82, 2.24) is 9.55 Å². The van der Waals surface area contributed by atoms with Crippen molar-refractivity contribution in [3.8, 4) is 28.7 Å². The Hall–Kier alpha value is -3.29. The summed E-state index contributed by atoms with van der Waals surface area (Å²) in [6.45, 7) is 1.58. The fraction of sp³-hybridized carbons (Fsp3) is 0.320. The molecule has 0 aliphatic carbocycles. The first-order valence-corrected chi connectivity index (χ1v) is 10.7. The second kappa shape index (κ2) is 10.3. The Morgan fingerprint density at radius 2 is 2.03 bits per heavy atom. The maximum atomic E-state index is 14.8. The Kier molecular flexibility index (Phi) is 7.24. The van der Waals surface area contributed by atoms with Gasteiger partial charge < -0.3 is 29.4 Å². The molecule has 9 heteroatoms. The molecule has 0 bridgehead atoms. The molecule has 0 spiro atoms. The van der Waals surface area contributed by atoms with E-state index >= 15 is 0 Å². The standard InChI is InChI=1S/C25H24F2N2O5/c1-15(31)25-28-8-9-29(25)18(12-30)5-4-16-2-3-17(10-21(16)26)20-7-6-19(11-22(20)27)34-24-14-33-13-23(24)32/h2-3,6-11,15,18,23-24,30-32H,12-14H2,1H3/t15-,18-,23+,24?/m0/s1. The number of ether oxygens (including phenoxy) is 2. The number of rotatable bonds is 6. The first kappa shape index (κ1) is 23.9. The van der Waals surface area contributed by atoms with Gasteiger partial charge in [0.25, 0.3) is 0 Å². The summed E-state index contributed by atoms with van der Waals surface area (Å²) in [4.78, 5) is 4.05. The SMILES string of the molecule is C[C@H](O)c1nccn1[C@@H](C#Cc1ccc(-c2ccc(OC3COC[C@H]3O)cc2F)cc1F)CO. The van der Waals surface area contributed by atoms with Crippen molar-refractivity contribution in [3.63, 3.8) is 0 Å². The molecule has 1 aliphatic rings. The monoisotopic (exact) mass is 470 g/mol. The minimum atomic E-state index is -0.856. The highest BCUT2D eigenvalue weighted by Crippen LogP contribution is 2.29. The van der Waals surface area contributed by atoms with Crippen molar-refractivity contribution in [2.75, 3.05) is 19.8 Å². The second-order valence-corrected chi connectivity index (χ2v) is 7.93. The van der Waals surface area contributed by atoms with Crippen LogP contribution in [0, 0.1) is 23.5 Å². The molecular formula is C25H24F2N2O5. The Labute approximate surface area is 195 Å². The second-order valence-electron chi connectivity index (χ2n) is 7.93. The van der Waals surface area contributed by atoms with Crippen LogP contribution in [0.5, 0.6) is 5.75 Å². The third-order valence-corrected chi connectivity index (χ3v) is 5.46. The smallest absolute Gasteiger partial charge is 0.150 e. The van der Waals surface area contributed by atoms with E-state index in [1.165, 1.54) is 35.0 Å². The minimum absolute atomic E-state index is 0.0801. The normalized spacial score (nSPS) is 19.4. The molecule has 1 aliphatic heterocycles. The maximum absolute atomic E-state index is 14.8. The maximum Gasteiger partial charge on any atom is 0.150 e. The number of aliphatic hydroxyl groups excluding tert-OH is 3. The van der Waals surface area contributed by atoms with Crippen molar-refractivity contribution in [3.05, 3.63) is 71.8 Å². The minimum Gasteiger partial charge on any atom is -0.485 e. The van der Waals surface area contributed by atoms with Crippen LogP contribution in [0.3, 0.4) is 0 Å². The third-order valence-electron chi connectivity index (χ3n) is 5.46. The molecule has 0 amide bonds. The van der Waals surface area contributed by atoms with E-state index in [4.69, 9.17) is 9.47 Å². The molecular weight excluding hydrogens is 446 g/mol. The van der Waals surface area contributed by atoms with E-state index in [-0.39, 0.29) is 36.7 Å². The van der Waals surface area contributed by atoms with E-state index in [9.17, 15) is 24.1 Å². The van der Waals surface area contributed by atoms with Gasteiger partial charge in [-0.05, 0) is 36.8 Å². The molecule has 1 saturated heterocycles. The highest BCUT2D eigenvalue weighted by Gasteiger charge is 2.28. The Morgan fingerprint density at radius 1 is 1.21 bits per heavy atom. The van der Waals surface area contributed by atoms with Crippen molar-refractivity contribution in [2.45, 2.75) is 31.3 Å². The molecule has 0 saturated carbocycles. The predicted molar refractivity (Wildman–Crippen MR) is 119 cm³/mol. The number of imidazole rings is 1. The van der Waals surface area contributed by atoms with Crippen molar-refractivity contribution >= 4 is 0 Å². The van der Waals surface area contributed by atoms with E-state index in [1.807, 2.05) is 0 Å². The van der Waals surface area contributed by atoms with Gasteiger partial charge in [0.05, 0.1) is 25.4 Å². The average Bonchev–Trinajstić information content (AvgIpc) is 3.45. The Balaban J connectivity index is 1.53. The molecule has 4 atom stereocenters. The highest BCUT2D eigenvalue weighted by molar-refractivity contribution is 5.66. The molecule has 178 valence electrons. The van der Waals surface area contributed by atoms with Gasteiger partial charge >= 0.3 is 0 Å². The lowest BCUT2D eigenvalue weighted by Gasteiger charge is -2.16. The summed E-state index contributed by atoms with van der Waals surface area (Å²) in [5.41, 5.74) is 0.583. The molecule has 34 heavy (non-hydrogen) atoms.